The topological polar surface area (TPSA) is 0 Å². The molecule has 0 nitrogen and oxygen atoms in total. The fourth-order valence-electron chi connectivity index (χ4n) is 9.10. The molecule has 0 saturated heterocycles. The van der Waals surface area contributed by atoms with E-state index in [1.54, 1.807) is 0 Å². The Kier molecular flexibility index (Phi) is 6.72. The highest BCUT2D eigenvalue weighted by Crippen LogP contribution is 2.47. The molecule has 0 aliphatic heterocycles. The molecule has 246 valence electrons. The first-order valence-corrected chi connectivity index (χ1v) is 18.6. The van der Waals surface area contributed by atoms with Crippen molar-refractivity contribution in [3.8, 4) is 55.6 Å². The monoisotopic (exact) mass is 670 g/mol. The van der Waals surface area contributed by atoms with Crippen LogP contribution in [0.5, 0.6) is 0 Å². The Morgan fingerprint density at radius 3 is 1.58 bits per heavy atom. The van der Waals surface area contributed by atoms with Crippen LogP contribution in [0.4, 0.5) is 0 Å². The molecular formula is C53H34. The van der Waals surface area contributed by atoms with Gasteiger partial charge < -0.3 is 0 Å². The molecule has 0 atom stereocenters. The van der Waals surface area contributed by atoms with Crippen molar-refractivity contribution in [3.63, 3.8) is 0 Å². The van der Waals surface area contributed by atoms with Crippen LogP contribution in [0.1, 0.15) is 11.1 Å². The highest BCUT2D eigenvalue weighted by Gasteiger charge is 2.21. The molecule has 0 heteroatoms. The van der Waals surface area contributed by atoms with Crippen molar-refractivity contribution >= 4 is 43.1 Å². The second kappa shape index (κ2) is 11.9. The summed E-state index contributed by atoms with van der Waals surface area (Å²) in [6.07, 6.45) is 1.01. The first-order chi connectivity index (χ1) is 26.3. The second-order valence-electron chi connectivity index (χ2n) is 14.4. The van der Waals surface area contributed by atoms with E-state index < -0.39 is 0 Å². The molecule has 0 N–H and O–H groups in total. The molecule has 0 heterocycles. The van der Waals surface area contributed by atoms with E-state index in [1.165, 1.54) is 110 Å². The van der Waals surface area contributed by atoms with Gasteiger partial charge in [-0.2, -0.15) is 0 Å². The van der Waals surface area contributed by atoms with Crippen molar-refractivity contribution < 1.29 is 0 Å². The van der Waals surface area contributed by atoms with Crippen molar-refractivity contribution in [1.29, 1.82) is 0 Å². The molecule has 10 aromatic rings. The third-order valence-corrected chi connectivity index (χ3v) is 11.5. The van der Waals surface area contributed by atoms with Crippen molar-refractivity contribution in [1.82, 2.24) is 0 Å². The van der Waals surface area contributed by atoms with Gasteiger partial charge in [-0.3, -0.25) is 0 Å². The number of hydrogen-bond donors (Lipinski definition) is 0. The van der Waals surface area contributed by atoms with Gasteiger partial charge in [-0.25, -0.2) is 0 Å². The molecule has 0 spiro atoms. The van der Waals surface area contributed by atoms with Gasteiger partial charge in [0.2, 0.25) is 0 Å². The van der Waals surface area contributed by atoms with Crippen LogP contribution in [0.2, 0.25) is 0 Å². The predicted molar refractivity (Wildman–Crippen MR) is 226 cm³/mol. The summed E-state index contributed by atoms with van der Waals surface area (Å²) >= 11 is 0. The van der Waals surface area contributed by atoms with Crippen molar-refractivity contribution in [2.45, 2.75) is 6.42 Å². The van der Waals surface area contributed by atoms with E-state index in [2.05, 4.69) is 194 Å². The number of rotatable bonds is 4. The summed E-state index contributed by atoms with van der Waals surface area (Å²) in [6, 6.07) is 72.1. The van der Waals surface area contributed by atoms with E-state index in [1.807, 2.05) is 0 Å². The Hall–Kier alpha value is -6.76. The fourth-order valence-corrected chi connectivity index (χ4v) is 9.10. The normalized spacial score (nSPS) is 12.1. The van der Waals surface area contributed by atoms with Crippen LogP contribution in [0.25, 0.3) is 98.7 Å². The first kappa shape index (κ1) is 29.9. The summed E-state index contributed by atoms with van der Waals surface area (Å²) in [5.74, 6) is 0. The molecule has 53 heavy (non-hydrogen) atoms. The molecular weight excluding hydrogens is 637 g/mol. The van der Waals surface area contributed by atoms with Crippen molar-refractivity contribution in [2.75, 3.05) is 0 Å². The molecule has 1 aliphatic rings. The van der Waals surface area contributed by atoms with Gasteiger partial charge in [-0.1, -0.05) is 182 Å². The molecule has 0 saturated carbocycles. The lowest BCUT2D eigenvalue weighted by molar-refractivity contribution is 1.26. The van der Waals surface area contributed by atoms with E-state index in [-0.39, 0.29) is 0 Å². The van der Waals surface area contributed by atoms with Gasteiger partial charge in [-0.05, 0) is 128 Å². The Morgan fingerprint density at radius 1 is 0.245 bits per heavy atom. The van der Waals surface area contributed by atoms with Crippen molar-refractivity contribution in [2.24, 2.45) is 0 Å². The Balaban J connectivity index is 1.17. The van der Waals surface area contributed by atoms with E-state index in [0.717, 1.165) is 6.42 Å². The highest BCUT2D eigenvalue weighted by molar-refractivity contribution is 6.24. The van der Waals surface area contributed by atoms with Crippen LogP contribution in [0, 0.1) is 0 Å². The number of fused-ring (bicyclic) bond motifs is 7. The van der Waals surface area contributed by atoms with E-state index >= 15 is 0 Å². The van der Waals surface area contributed by atoms with Gasteiger partial charge in [0.1, 0.15) is 0 Å². The molecule has 1 aliphatic carbocycles. The van der Waals surface area contributed by atoms with Crippen LogP contribution in [-0.2, 0) is 6.42 Å². The third kappa shape index (κ3) is 4.69. The van der Waals surface area contributed by atoms with Gasteiger partial charge >= 0.3 is 0 Å². The van der Waals surface area contributed by atoms with Gasteiger partial charge in [0.05, 0.1) is 0 Å². The van der Waals surface area contributed by atoms with Crippen LogP contribution in [0.15, 0.2) is 194 Å². The lowest BCUT2D eigenvalue weighted by Gasteiger charge is -2.20. The van der Waals surface area contributed by atoms with Crippen LogP contribution >= 0.6 is 0 Å². The van der Waals surface area contributed by atoms with E-state index in [9.17, 15) is 0 Å². The minimum atomic E-state index is 1.01. The summed E-state index contributed by atoms with van der Waals surface area (Å²) in [5, 5.41) is 10.1. The quantitative estimate of drug-likeness (QED) is 0.164. The maximum atomic E-state index is 2.46. The van der Waals surface area contributed by atoms with Crippen LogP contribution < -0.4 is 0 Å². The molecule has 0 unspecified atom stereocenters. The molecule has 10 aromatic carbocycles. The Morgan fingerprint density at radius 2 is 0.774 bits per heavy atom. The molecule has 0 bridgehead atoms. The molecule has 0 radical (unpaired) electrons. The van der Waals surface area contributed by atoms with Gasteiger partial charge in [0.25, 0.3) is 0 Å². The highest BCUT2D eigenvalue weighted by atomic mass is 14.2. The van der Waals surface area contributed by atoms with E-state index in [4.69, 9.17) is 0 Å². The van der Waals surface area contributed by atoms with Gasteiger partial charge in [0, 0.05) is 0 Å². The van der Waals surface area contributed by atoms with Gasteiger partial charge in [-0.15, -0.1) is 0 Å². The molecule has 0 fully saturated rings. The smallest absolute Gasteiger partial charge is 0.00134 e. The first-order valence-electron chi connectivity index (χ1n) is 18.6. The van der Waals surface area contributed by atoms with E-state index in [0.29, 0.717) is 0 Å². The summed E-state index contributed by atoms with van der Waals surface area (Å²) < 4.78 is 0. The summed E-state index contributed by atoms with van der Waals surface area (Å²) in [6.45, 7) is 0. The zero-order chi connectivity index (χ0) is 34.9. The summed E-state index contributed by atoms with van der Waals surface area (Å²) in [7, 11) is 0. The molecule has 11 rings (SSSR count). The maximum Gasteiger partial charge on any atom is -0.00134 e. The second-order valence-corrected chi connectivity index (χ2v) is 14.4. The summed E-state index contributed by atoms with van der Waals surface area (Å²) in [4.78, 5) is 0. The van der Waals surface area contributed by atoms with Crippen LogP contribution in [0.3, 0.4) is 0 Å². The molecule has 0 amide bonds. The number of benzene rings is 10. The lowest BCUT2D eigenvalue weighted by Crippen LogP contribution is -1.93. The largest absolute Gasteiger partial charge is 0.0622 e. The standard InChI is InChI=1S/C53H34/c1-2-14-35(15-3-1)52-47-20-8-9-21-48(47)53(46-26-10-17-34-13-4-6-18-40(34)46)51-33-39(29-30-49(51)52)42-23-12-24-44-41(22-11-25-45(42)44)38-28-27-37-31-36-16-5-7-19-43(36)50(37)32-38/h1-30,32-33H,31H2. The average molecular weight is 671 g/mol. The zero-order valence-corrected chi connectivity index (χ0v) is 29.2. The Bertz CT molecular complexity index is 3070. The minimum absolute atomic E-state index is 1.01. The van der Waals surface area contributed by atoms with Crippen LogP contribution in [-0.4, -0.2) is 0 Å². The predicted octanol–water partition coefficient (Wildman–Crippen LogP) is 14.5. The fraction of sp³-hybridized carbons (Fsp3) is 0.0189. The Labute approximate surface area is 309 Å². The number of hydrogen-bond acceptors (Lipinski definition) is 0. The lowest BCUT2D eigenvalue weighted by atomic mass is 9.83. The summed E-state index contributed by atoms with van der Waals surface area (Å²) in [5.41, 5.74) is 15.6. The third-order valence-electron chi connectivity index (χ3n) is 11.5. The minimum Gasteiger partial charge on any atom is -0.0622 e. The molecule has 0 aromatic heterocycles. The maximum absolute atomic E-state index is 2.46. The average Bonchev–Trinajstić information content (AvgIpc) is 3.60. The zero-order valence-electron chi connectivity index (χ0n) is 29.2. The van der Waals surface area contributed by atoms with Crippen molar-refractivity contribution in [3.05, 3.63) is 205 Å². The van der Waals surface area contributed by atoms with Gasteiger partial charge in [0.15, 0.2) is 0 Å². The SMILES string of the molecule is c1ccc(-c2c3ccccc3c(-c3cccc4ccccc34)c3cc(-c4cccc5c(-c6ccc7c(c6)-c6ccccc6C7)cccc45)ccc23)cc1.